The first kappa shape index (κ1) is 9.44. The highest BCUT2D eigenvalue weighted by Gasteiger charge is 2.40. The van der Waals surface area contributed by atoms with Crippen molar-refractivity contribution in [3.63, 3.8) is 0 Å². The maximum atomic E-state index is 5.73. The second-order valence-corrected chi connectivity index (χ2v) is 4.21. The van der Waals surface area contributed by atoms with Crippen LogP contribution < -0.4 is 0 Å². The molecule has 0 saturated carbocycles. The normalized spacial score (nSPS) is 51.5. The maximum absolute atomic E-state index is 5.73. The molecule has 5 atom stereocenters. The molecule has 0 bridgehead atoms. The summed E-state index contributed by atoms with van der Waals surface area (Å²) in [7, 11) is 0. The van der Waals surface area contributed by atoms with Crippen LogP contribution in [0.2, 0.25) is 0 Å². The second kappa shape index (κ2) is 3.56. The summed E-state index contributed by atoms with van der Waals surface area (Å²) in [5.41, 5.74) is 0. The molecule has 3 unspecified atom stereocenters. The van der Waals surface area contributed by atoms with Crippen LogP contribution in [0.5, 0.6) is 0 Å². The third-order valence-corrected chi connectivity index (χ3v) is 3.20. The van der Waals surface area contributed by atoms with Gasteiger partial charge in [0.25, 0.3) is 0 Å². The summed E-state index contributed by atoms with van der Waals surface area (Å²) >= 11 is 0. The van der Waals surface area contributed by atoms with Crippen LogP contribution in [0.15, 0.2) is 0 Å². The molecule has 3 nitrogen and oxygen atoms in total. The van der Waals surface area contributed by atoms with E-state index in [1.807, 2.05) is 6.92 Å². The molecule has 76 valence electrons. The molecule has 0 N–H and O–H groups in total. The van der Waals surface area contributed by atoms with Gasteiger partial charge in [-0.15, -0.1) is 0 Å². The van der Waals surface area contributed by atoms with E-state index in [0.717, 1.165) is 6.61 Å². The lowest BCUT2D eigenvalue weighted by atomic mass is 9.85. The van der Waals surface area contributed by atoms with Crippen LogP contribution in [0.4, 0.5) is 0 Å². The lowest BCUT2D eigenvalue weighted by Crippen LogP contribution is -2.53. The zero-order chi connectivity index (χ0) is 9.42. The summed E-state index contributed by atoms with van der Waals surface area (Å²) in [6, 6.07) is 0. The highest BCUT2D eigenvalue weighted by molar-refractivity contribution is 4.85. The van der Waals surface area contributed by atoms with E-state index in [2.05, 4.69) is 13.8 Å². The fourth-order valence-corrected chi connectivity index (χ4v) is 2.03. The molecule has 0 aromatic rings. The van der Waals surface area contributed by atoms with Gasteiger partial charge in [0.1, 0.15) is 6.10 Å². The van der Waals surface area contributed by atoms with Crippen molar-refractivity contribution in [1.29, 1.82) is 0 Å². The van der Waals surface area contributed by atoms with Gasteiger partial charge in [-0.05, 0) is 18.8 Å². The molecular formula is C10H18O3. The van der Waals surface area contributed by atoms with E-state index in [0.29, 0.717) is 18.4 Å². The molecule has 0 aromatic carbocycles. The Kier molecular flexibility index (Phi) is 2.58. The third kappa shape index (κ3) is 1.73. The minimum atomic E-state index is -0.0717. The highest BCUT2D eigenvalue weighted by atomic mass is 16.7. The molecule has 2 saturated heterocycles. The van der Waals surface area contributed by atoms with Gasteiger partial charge in [0.2, 0.25) is 0 Å². The molecule has 3 heteroatoms. The van der Waals surface area contributed by atoms with Crippen molar-refractivity contribution in [2.45, 2.75) is 39.3 Å². The van der Waals surface area contributed by atoms with Crippen LogP contribution in [0.1, 0.15) is 20.8 Å². The van der Waals surface area contributed by atoms with Gasteiger partial charge in [0.05, 0.1) is 19.3 Å². The number of ether oxygens (including phenoxy) is 3. The molecule has 0 radical (unpaired) electrons. The van der Waals surface area contributed by atoms with Crippen LogP contribution in [0.3, 0.4) is 0 Å². The summed E-state index contributed by atoms with van der Waals surface area (Å²) < 4.78 is 16.8. The van der Waals surface area contributed by atoms with E-state index in [4.69, 9.17) is 14.2 Å². The number of fused-ring (bicyclic) bond motifs is 1. The Morgan fingerprint density at radius 3 is 2.54 bits per heavy atom. The standard InChI is InChI=1S/C10H18O3/c1-6-4-12-9-5-11-8(3)13-10(9)7(6)2/h6-10H,4-5H2,1-3H3/t6?,7-,8?,9?,10+/m1/s1. The number of hydrogen-bond acceptors (Lipinski definition) is 3. The van der Waals surface area contributed by atoms with Gasteiger partial charge in [-0.1, -0.05) is 13.8 Å². The molecule has 0 spiro atoms. The van der Waals surface area contributed by atoms with E-state index in [9.17, 15) is 0 Å². The van der Waals surface area contributed by atoms with Crippen LogP contribution >= 0.6 is 0 Å². The van der Waals surface area contributed by atoms with Crippen molar-refractivity contribution >= 4 is 0 Å². The Balaban J connectivity index is 2.04. The molecule has 2 rings (SSSR count). The number of rotatable bonds is 0. The molecule has 0 aromatic heterocycles. The summed E-state index contributed by atoms with van der Waals surface area (Å²) in [6.07, 6.45) is 0.312. The minimum absolute atomic E-state index is 0.0717. The van der Waals surface area contributed by atoms with E-state index in [1.165, 1.54) is 0 Å². The average molecular weight is 186 g/mol. The van der Waals surface area contributed by atoms with E-state index >= 15 is 0 Å². The van der Waals surface area contributed by atoms with Gasteiger partial charge >= 0.3 is 0 Å². The van der Waals surface area contributed by atoms with Gasteiger partial charge in [0.15, 0.2) is 6.29 Å². The van der Waals surface area contributed by atoms with E-state index in [1.54, 1.807) is 0 Å². The van der Waals surface area contributed by atoms with Crippen molar-refractivity contribution in [2.24, 2.45) is 11.8 Å². The molecule has 13 heavy (non-hydrogen) atoms. The lowest BCUT2D eigenvalue weighted by Gasteiger charge is -2.44. The maximum Gasteiger partial charge on any atom is 0.155 e. The van der Waals surface area contributed by atoms with Crippen LogP contribution in [-0.2, 0) is 14.2 Å². The SMILES string of the molecule is CC1OCC2OCC(C)[C@@H](C)[C@@H]2O1. The Bertz CT molecular complexity index is 179. The monoisotopic (exact) mass is 186 g/mol. The Morgan fingerprint density at radius 2 is 1.77 bits per heavy atom. The molecule has 0 aliphatic carbocycles. The second-order valence-electron chi connectivity index (χ2n) is 4.21. The highest BCUT2D eigenvalue weighted by Crippen LogP contribution is 2.31. The largest absolute Gasteiger partial charge is 0.373 e. The first-order valence-corrected chi connectivity index (χ1v) is 5.07. The fourth-order valence-electron chi connectivity index (χ4n) is 2.03. The molecule has 0 amide bonds. The van der Waals surface area contributed by atoms with Crippen LogP contribution in [-0.4, -0.2) is 31.7 Å². The topological polar surface area (TPSA) is 27.7 Å². The van der Waals surface area contributed by atoms with Crippen molar-refractivity contribution in [3.05, 3.63) is 0 Å². The first-order chi connectivity index (χ1) is 6.18. The average Bonchev–Trinajstić information content (AvgIpc) is 2.12. The zero-order valence-corrected chi connectivity index (χ0v) is 8.53. The summed E-state index contributed by atoms with van der Waals surface area (Å²) in [5.74, 6) is 1.16. The molecule has 2 fully saturated rings. The Labute approximate surface area is 79.4 Å². The predicted molar refractivity (Wildman–Crippen MR) is 48.4 cm³/mol. The van der Waals surface area contributed by atoms with Gasteiger partial charge in [-0.2, -0.15) is 0 Å². The van der Waals surface area contributed by atoms with Crippen LogP contribution in [0, 0.1) is 11.8 Å². The summed E-state index contributed by atoms with van der Waals surface area (Å²) in [5, 5.41) is 0. The van der Waals surface area contributed by atoms with Gasteiger partial charge in [0, 0.05) is 0 Å². The Hall–Kier alpha value is -0.120. The lowest BCUT2D eigenvalue weighted by molar-refractivity contribution is -0.286. The predicted octanol–water partition coefficient (Wildman–Crippen LogP) is 1.42. The van der Waals surface area contributed by atoms with Crippen molar-refractivity contribution < 1.29 is 14.2 Å². The third-order valence-electron chi connectivity index (χ3n) is 3.20. The summed E-state index contributed by atoms with van der Waals surface area (Å²) in [6.45, 7) is 7.92. The van der Waals surface area contributed by atoms with E-state index < -0.39 is 0 Å². The molecule has 2 aliphatic rings. The van der Waals surface area contributed by atoms with Crippen molar-refractivity contribution in [3.8, 4) is 0 Å². The number of hydrogen-bond donors (Lipinski definition) is 0. The molecule has 2 aliphatic heterocycles. The zero-order valence-electron chi connectivity index (χ0n) is 8.53. The van der Waals surface area contributed by atoms with E-state index in [-0.39, 0.29) is 18.5 Å². The first-order valence-electron chi connectivity index (χ1n) is 5.07. The van der Waals surface area contributed by atoms with Crippen LogP contribution in [0.25, 0.3) is 0 Å². The quantitative estimate of drug-likeness (QED) is 0.572. The van der Waals surface area contributed by atoms with Crippen molar-refractivity contribution in [1.82, 2.24) is 0 Å². The minimum Gasteiger partial charge on any atom is -0.373 e. The smallest absolute Gasteiger partial charge is 0.155 e. The Morgan fingerprint density at radius 1 is 1.00 bits per heavy atom. The fraction of sp³-hybridized carbons (Fsp3) is 1.00. The molecular weight excluding hydrogens is 168 g/mol. The molecule has 2 heterocycles. The summed E-state index contributed by atoms with van der Waals surface area (Å²) in [4.78, 5) is 0. The van der Waals surface area contributed by atoms with Gasteiger partial charge in [-0.3, -0.25) is 0 Å². The van der Waals surface area contributed by atoms with Gasteiger partial charge in [-0.25, -0.2) is 0 Å². The van der Waals surface area contributed by atoms with Gasteiger partial charge < -0.3 is 14.2 Å². The van der Waals surface area contributed by atoms with Crippen molar-refractivity contribution in [2.75, 3.05) is 13.2 Å².